The molecule has 0 radical (unpaired) electrons. The second kappa shape index (κ2) is 7.38. The van der Waals surface area contributed by atoms with Crippen molar-refractivity contribution in [2.45, 2.75) is 37.3 Å². The van der Waals surface area contributed by atoms with Gasteiger partial charge in [0.15, 0.2) is 0 Å². The van der Waals surface area contributed by atoms with Crippen molar-refractivity contribution in [1.82, 2.24) is 5.32 Å². The van der Waals surface area contributed by atoms with Crippen molar-refractivity contribution in [2.75, 3.05) is 6.54 Å². The molecular weight excluding hydrogens is 265 g/mol. The lowest BCUT2D eigenvalue weighted by atomic mass is 10.1. The molecule has 0 aliphatic heterocycles. The Morgan fingerprint density at radius 2 is 1.84 bits per heavy atom. The van der Waals surface area contributed by atoms with E-state index in [4.69, 9.17) is 0 Å². The molecule has 2 unspecified atom stereocenters. The van der Waals surface area contributed by atoms with Gasteiger partial charge >= 0.3 is 0 Å². The highest BCUT2D eigenvalue weighted by atomic mass is 32.2. The molecule has 0 aliphatic rings. The second-order valence-corrected chi connectivity index (χ2v) is 6.64. The SMILES string of the molecule is CC(C)CCNC(=O)C(C)S(=O)c1ccc(F)cc1. The number of hydrogen-bond donors (Lipinski definition) is 1. The third-order valence-corrected chi connectivity index (χ3v) is 4.35. The van der Waals surface area contributed by atoms with Crippen molar-refractivity contribution >= 4 is 16.7 Å². The summed E-state index contributed by atoms with van der Waals surface area (Å²) in [6, 6.07) is 5.39. The first-order valence-electron chi connectivity index (χ1n) is 6.35. The monoisotopic (exact) mass is 285 g/mol. The van der Waals surface area contributed by atoms with E-state index in [-0.39, 0.29) is 11.7 Å². The third kappa shape index (κ3) is 5.11. The Morgan fingerprint density at radius 1 is 1.26 bits per heavy atom. The normalized spacial score (nSPS) is 14.2. The van der Waals surface area contributed by atoms with Crippen molar-refractivity contribution in [2.24, 2.45) is 5.92 Å². The Labute approximate surface area is 116 Å². The highest BCUT2D eigenvalue weighted by Crippen LogP contribution is 2.12. The molecule has 1 amide bonds. The number of rotatable bonds is 6. The highest BCUT2D eigenvalue weighted by molar-refractivity contribution is 7.86. The van der Waals surface area contributed by atoms with Crippen LogP contribution in [0, 0.1) is 11.7 Å². The summed E-state index contributed by atoms with van der Waals surface area (Å²) in [5.74, 6) is -0.101. The first-order chi connectivity index (χ1) is 8.91. The van der Waals surface area contributed by atoms with Gasteiger partial charge in [0.05, 0.1) is 10.8 Å². The molecule has 5 heteroatoms. The smallest absolute Gasteiger partial charge is 0.235 e. The van der Waals surface area contributed by atoms with Crippen molar-refractivity contribution in [3.05, 3.63) is 30.1 Å². The van der Waals surface area contributed by atoms with E-state index in [1.54, 1.807) is 6.92 Å². The first kappa shape index (κ1) is 15.8. The number of amides is 1. The predicted molar refractivity (Wildman–Crippen MR) is 74.7 cm³/mol. The molecule has 1 rings (SSSR count). The van der Waals surface area contributed by atoms with Gasteiger partial charge in [-0.1, -0.05) is 13.8 Å². The zero-order valence-corrected chi connectivity index (χ0v) is 12.3. The maximum atomic E-state index is 12.8. The van der Waals surface area contributed by atoms with Crippen LogP contribution in [0.3, 0.4) is 0 Å². The summed E-state index contributed by atoms with van der Waals surface area (Å²) in [5.41, 5.74) is 0. The maximum Gasteiger partial charge on any atom is 0.235 e. The van der Waals surface area contributed by atoms with Crippen LogP contribution in [0.15, 0.2) is 29.2 Å². The van der Waals surface area contributed by atoms with Gasteiger partial charge in [0, 0.05) is 11.4 Å². The fourth-order valence-electron chi connectivity index (χ4n) is 1.50. The van der Waals surface area contributed by atoms with Gasteiger partial charge in [0.25, 0.3) is 0 Å². The summed E-state index contributed by atoms with van der Waals surface area (Å²) in [4.78, 5) is 12.3. The molecular formula is C14H20FNO2S. The number of carbonyl (C=O) groups excluding carboxylic acids is 1. The molecule has 1 aromatic rings. The van der Waals surface area contributed by atoms with Gasteiger partial charge in [-0.25, -0.2) is 4.39 Å². The summed E-state index contributed by atoms with van der Waals surface area (Å²) in [6.45, 7) is 6.35. The maximum absolute atomic E-state index is 12.8. The van der Waals surface area contributed by atoms with Crippen molar-refractivity contribution in [3.8, 4) is 0 Å². The highest BCUT2D eigenvalue weighted by Gasteiger charge is 2.21. The van der Waals surface area contributed by atoms with Gasteiger partial charge in [-0.3, -0.25) is 9.00 Å². The second-order valence-electron chi connectivity index (χ2n) is 4.87. The molecule has 1 N–H and O–H groups in total. The number of hydrogen-bond acceptors (Lipinski definition) is 2. The number of nitrogens with one attached hydrogen (secondary N) is 1. The zero-order valence-electron chi connectivity index (χ0n) is 11.5. The van der Waals surface area contributed by atoms with Crippen molar-refractivity contribution in [1.29, 1.82) is 0 Å². The molecule has 1 aromatic carbocycles. The van der Waals surface area contributed by atoms with Crippen molar-refractivity contribution < 1.29 is 13.4 Å². The number of benzene rings is 1. The van der Waals surface area contributed by atoms with Gasteiger partial charge < -0.3 is 5.32 Å². The lowest BCUT2D eigenvalue weighted by molar-refractivity contribution is -0.120. The molecule has 106 valence electrons. The van der Waals surface area contributed by atoms with E-state index in [0.717, 1.165) is 6.42 Å². The van der Waals surface area contributed by atoms with Crippen molar-refractivity contribution in [3.63, 3.8) is 0 Å². The quantitative estimate of drug-likeness (QED) is 0.873. The van der Waals surface area contributed by atoms with Crippen LogP contribution in [0.5, 0.6) is 0 Å². The first-order valence-corrected chi connectivity index (χ1v) is 7.57. The largest absolute Gasteiger partial charge is 0.355 e. The molecule has 0 heterocycles. The number of carbonyl (C=O) groups is 1. The van der Waals surface area contributed by atoms with E-state index in [9.17, 15) is 13.4 Å². The lowest BCUT2D eigenvalue weighted by Crippen LogP contribution is -2.36. The Bertz CT molecular complexity index is 445. The van der Waals surface area contributed by atoms with E-state index in [1.807, 2.05) is 0 Å². The van der Waals surface area contributed by atoms with Crippen LogP contribution < -0.4 is 5.32 Å². The average molecular weight is 285 g/mol. The van der Waals surface area contributed by atoms with E-state index in [1.165, 1.54) is 24.3 Å². The molecule has 0 saturated carbocycles. The summed E-state index contributed by atoms with van der Waals surface area (Å²) in [5, 5.41) is 2.13. The Kier molecular flexibility index (Phi) is 6.15. The minimum atomic E-state index is -1.46. The van der Waals surface area contributed by atoms with Gasteiger partial charge in [-0.15, -0.1) is 0 Å². The molecule has 0 fully saturated rings. The van der Waals surface area contributed by atoms with E-state index in [2.05, 4.69) is 19.2 Å². The van der Waals surface area contributed by atoms with Crippen LogP contribution in [0.25, 0.3) is 0 Å². The molecule has 0 bridgehead atoms. The lowest BCUT2D eigenvalue weighted by Gasteiger charge is -2.13. The minimum Gasteiger partial charge on any atom is -0.355 e. The molecule has 2 atom stereocenters. The summed E-state index contributed by atoms with van der Waals surface area (Å²) < 4.78 is 24.9. The summed E-state index contributed by atoms with van der Waals surface area (Å²) in [6.07, 6.45) is 0.891. The molecule has 3 nitrogen and oxygen atoms in total. The molecule has 19 heavy (non-hydrogen) atoms. The zero-order chi connectivity index (χ0) is 14.4. The molecule has 0 aliphatic carbocycles. The van der Waals surface area contributed by atoms with Crippen LogP contribution in [0.2, 0.25) is 0 Å². The Morgan fingerprint density at radius 3 is 2.37 bits per heavy atom. The van der Waals surface area contributed by atoms with E-state index in [0.29, 0.717) is 17.4 Å². The van der Waals surface area contributed by atoms with Gasteiger partial charge in [0.2, 0.25) is 5.91 Å². The Hall–Kier alpha value is -1.23. The molecule has 0 spiro atoms. The summed E-state index contributed by atoms with van der Waals surface area (Å²) in [7, 11) is -1.46. The fraction of sp³-hybridized carbons (Fsp3) is 0.500. The topological polar surface area (TPSA) is 46.2 Å². The Balaban J connectivity index is 2.56. The van der Waals surface area contributed by atoms with E-state index >= 15 is 0 Å². The van der Waals surface area contributed by atoms with Crippen LogP contribution in [-0.4, -0.2) is 21.9 Å². The molecule has 0 aromatic heterocycles. The van der Waals surface area contributed by atoms with Crippen LogP contribution >= 0.6 is 0 Å². The average Bonchev–Trinajstić information content (AvgIpc) is 2.37. The fourth-order valence-corrected chi connectivity index (χ4v) is 2.59. The third-order valence-electron chi connectivity index (χ3n) is 2.76. The minimum absolute atomic E-state index is 0.233. The van der Waals surface area contributed by atoms with Gasteiger partial charge in [-0.2, -0.15) is 0 Å². The van der Waals surface area contributed by atoms with Crippen LogP contribution in [0.4, 0.5) is 4.39 Å². The van der Waals surface area contributed by atoms with Gasteiger partial charge in [-0.05, 0) is 43.5 Å². The standard InChI is InChI=1S/C14H20FNO2S/c1-10(2)8-9-16-14(17)11(3)19(18)13-6-4-12(15)5-7-13/h4-7,10-11H,8-9H2,1-3H3,(H,16,17). The molecule has 0 saturated heterocycles. The number of halogens is 1. The predicted octanol–water partition coefficient (Wildman–Crippen LogP) is 2.48. The summed E-state index contributed by atoms with van der Waals surface area (Å²) >= 11 is 0. The van der Waals surface area contributed by atoms with Gasteiger partial charge in [0.1, 0.15) is 11.1 Å². The van der Waals surface area contributed by atoms with Crippen LogP contribution in [0.1, 0.15) is 27.2 Å². The van der Waals surface area contributed by atoms with Crippen LogP contribution in [-0.2, 0) is 15.6 Å². The van der Waals surface area contributed by atoms with E-state index < -0.39 is 16.0 Å².